The fourth-order valence-corrected chi connectivity index (χ4v) is 2.75. The van der Waals surface area contributed by atoms with Gasteiger partial charge in [-0.05, 0) is 36.3 Å². The van der Waals surface area contributed by atoms with E-state index in [1.807, 2.05) is 6.07 Å². The standard InChI is InChI=1S/C11H11NOS/c13-7-10-5-9-3-4-14-11(9)12(10)6-8-1-2-8/h3-5,7-8H,1-2,6H2. The summed E-state index contributed by atoms with van der Waals surface area (Å²) in [6.45, 7) is 1.03. The van der Waals surface area contributed by atoms with Gasteiger partial charge >= 0.3 is 0 Å². The lowest BCUT2D eigenvalue weighted by molar-refractivity contribution is 0.111. The first-order chi connectivity index (χ1) is 6.88. The quantitative estimate of drug-likeness (QED) is 0.706. The number of hydrogen-bond acceptors (Lipinski definition) is 2. The zero-order valence-corrected chi connectivity index (χ0v) is 8.59. The van der Waals surface area contributed by atoms with E-state index in [2.05, 4.69) is 16.0 Å². The number of aldehydes is 1. The van der Waals surface area contributed by atoms with Crippen LogP contribution in [0.15, 0.2) is 17.5 Å². The molecule has 1 saturated carbocycles. The highest BCUT2D eigenvalue weighted by molar-refractivity contribution is 7.16. The van der Waals surface area contributed by atoms with Gasteiger partial charge in [-0.1, -0.05) is 0 Å². The smallest absolute Gasteiger partial charge is 0.166 e. The minimum atomic E-state index is 0.811. The van der Waals surface area contributed by atoms with Gasteiger partial charge in [0.05, 0.1) is 5.69 Å². The molecule has 0 spiro atoms. The topological polar surface area (TPSA) is 22.0 Å². The van der Waals surface area contributed by atoms with Crippen LogP contribution in [0, 0.1) is 5.92 Å². The average molecular weight is 205 g/mol. The third-order valence-electron chi connectivity index (χ3n) is 2.79. The Bertz CT molecular complexity index is 478. The van der Waals surface area contributed by atoms with Crippen molar-refractivity contribution < 1.29 is 4.79 Å². The van der Waals surface area contributed by atoms with Crippen LogP contribution < -0.4 is 0 Å². The predicted octanol–water partition coefficient (Wildman–Crippen LogP) is 2.93. The molecule has 14 heavy (non-hydrogen) atoms. The zero-order chi connectivity index (χ0) is 9.54. The van der Waals surface area contributed by atoms with Crippen LogP contribution in [0.4, 0.5) is 0 Å². The third-order valence-corrected chi connectivity index (χ3v) is 3.74. The zero-order valence-electron chi connectivity index (χ0n) is 7.77. The van der Waals surface area contributed by atoms with Crippen molar-refractivity contribution in [1.82, 2.24) is 4.57 Å². The summed E-state index contributed by atoms with van der Waals surface area (Å²) in [7, 11) is 0. The summed E-state index contributed by atoms with van der Waals surface area (Å²) in [6, 6.07) is 4.07. The number of aromatic nitrogens is 1. The summed E-state index contributed by atoms with van der Waals surface area (Å²) in [5.41, 5.74) is 0.832. The van der Waals surface area contributed by atoms with Crippen LogP contribution in [-0.4, -0.2) is 10.9 Å². The molecule has 1 aliphatic rings. The van der Waals surface area contributed by atoms with E-state index in [0.29, 0.717) is 0 Å². The molecule has 2 aromatic rings. The Hall–Kier alpha value is -1.09. The summed E-state index contributed by atoms with van der Waals surface area (Å²) in [6.07, 6.45) is 3.61. The first-order valence-electron chi connectivity index (χ1n) is 4.90. The fourth-order valence-electron chi connectivity index (χ4n) is 1.84. The maximum absolute atomic E-state index is 10.9. The van der Waals surface area contributed by atoms with Gasteiger partial charge in [0.2, 0.25) is 0 Å². The number of carbonyl (C=O) groups excluding carboxylic acids is 1. The lowest BCUT2D eigenvalue weighted by atomic mass is 10.4. The Balaban J connectivity index is 2.13. The molecule has 1 fully saturated rings. The van der Waals surface area contributed by atoms with Gasteiger partial charge in [0, 0.05) is 11.9 Å². The minimum Gasteiger partial charge on any atom is -0.330 e. The molecule has 3 heteroatoms. The van der Waals surface area contributed by atoms with E-state index in [1.54, 1.807) is 11.3 Å². The van der Waals surface area contributed by atoms with E-state index >= 15 is 0 Å². The lowest BCUT2D eigenvalue weighted by Crippen LogP contribution is -2.02. The molecule has 0 unspecified atom stereocenters. The van der Waals surface area contributed by atoms with Crippen molar-refractivity contribution >= 4 is 27.8 Å². The van der Waals surface area contributed by atoms with Crippen molar-refractivity contribution in [3.8, 4) is 0 Å². The van der Waals surface area contributed by atoms with Crippen molar-refractivity contribution in [1.29, 1.82) is 0 Å². The number of fused-ring (bicyclic) bond motifs is 1. The van der Waals surface area contributed by atoms with Crippen LogP contribution in [-0.2, 0) is 6.54 Å². The minimum absolute atomic E-state index is 0.811. The Morgan fingerprint density at radius 2 is 2.43 bits per heavy atom. The predicted molar refractivity (Wildman–Crippen MR) is 57.9 cm³/mol. The number of hydrogen-bond donors (Lipinski definition) is 0. The molecule has 3 rings (SSSR count). The molecular weight excluding hydrogens is 194 g/mol. The van der Waals surface area contributed by atoms with Crippen LogP contribution in [0.2, 0.25) is 0 Å². The molecule has 0 atom stereocenters. The van der Waals surface area contributed by atoms with E-state index in [0.717, 1.165) is 24.4 Å². The maximum atomic E-state index is 10.9. The molecule has 1 aliphatic carbocycles. The van der Waals surface area contributed by atoms with Crippen LogP contribution in [0.5, 0.6) is 0 Å². The van der Waals surface area contributed by atoms with E-state index in [1.165, 1.54) is 23.1 Å². The van der Waals surface area contributed by atoms with Gasteiger partial charge in [-0.2, -0.15) is 0 Å². The second-order valence-electron chi connectivity index (χ2n) is 3.92. The fraction of sp³-hybridized carbons (Fsp3) is 0.364. The van der Waals surface area contributed by atoms with Crippen molar-refractivity contribution in [2.45, 2.75) is 19.4 Å². The van der Waals surface area contributed by atoms with Crippen molar-refractivity contribution in [3.63, 3.8) is 0 Å². The molecule has 0 N–H and O–H groups in total. The maximum Gasteiger partial charge on any atom is 0.166 e. The first-order valence-corrected chi connectivity index (χ1v) is 5.78. The molecular formula is C11H11NOS. The highest BCUT2D eigenvalue weighted by Gasteiger charge is 2.23. The first kappa shape index (κ1) is 8.24. The molecule has 2 aromatic heterocycles. The highest BCUT2D eigenvalue weighted by atomic mass is 32.1. The Kier molecular flexibility index (Phi) is 1.74. The largest absolute Gasteiger partial charge is 0.330 e. The summed E-state index contributed by atoms with van der Waals surface area (Å²) in [5, 5.41) is 3.29. The van der Waals surface area contributed by atoms with E-state index < -0.39 is 0 Å². The number of carbonyl (C=O) groups is 1. The van der Waals surface area contributed by atoms with Gasteiger partial charge in [0.1, 0.15) is 4.83 Å². The van der Waals surface area contributed by atoms with Crippen molar-refractivity contribution in [2.24, 2.45) is 5.92 Å². The molecule has 0 amide bonds. The van der Waals surface area contributed by atoms with Crippen molar-refractivity contribution in [2.75, 3.05) is 0 Å². The summed E-state index contributed by atoms with van der Waals surface area (Å²) in [5.74, 6) is 0.811. The SMILES string of the molecule is O=Cc1cc2ccsc2n1CC1CC1. The molecule has 0 aliphatic heterocycles. The van der Waals surface area contributed by atoms with Gasteiger partial charge in [-0.3, -0.25) is 4.79 Å². The summed E-state index contributed by atoms with van der Waals surface area (Å²) in [4.78, 5) is 12.1. The summed E-state index contributed by atoms with van der Waals surface area (Å²) >= 11 is 1.72. The van der Waals surface area contributed by atoms with E-state index in [4.69, 9.17) is 0 Å². The average Bonchev–Trinajstić information content (AvgIpc) is 2.77. The third kappa shape index (κ3) is 1.20. The van der Waals surface area contributed by atoms with Crippen LogP contribution >= 0.6 is 11.3 Å². The van der Waals surface area contributed by atoms with Gasteiger partial charge < -0.3 is 4.57 Å². The number of thiophene rings is 1. The Morgan fingerprint density at radius 3 is 3.14 bits per heavy atom. The van der Waals surface area contributed by atoms with Crippen LogP contribution in [0.25, 0.3) is 10.2 Å². The molecule has 2 heterocycles. The van der Waals surface area contributed by atoms with E-state index in [-0.39, 0.29) is 0 Å². The highest BCUT2D eigenvalue weighted by Crippen LogP contribution is 2.34. The molecule has 2 nitrogen and oxygen atoms in total. The van der Waals surface area contributed by atoms with Crippen LogP contribution in [0.1, 0.15) is 23.3 Å². The Labute approximate surface area is 86.2 Å². The van der Waals surface area contributed by atoms with Crippen molar-refractivity contribution in [3.05, 3.63) is 23.2 Å². The molecule has 0 radical (unpaired) electrons. The number of rotatable bonds is 3. The monoisotopic (exact) mass is 205 g/mol. The van der Waals surface area contributed by atoms with Gasteiger partial charge in [-0.15, -0.1) is 11.3 Å². The van der Waals surface area contributed by atoms with Gasteiger partial charge in [0.25, 0.3) is 0 Å². The lowest BCUT2D eigenvalue weighted by Gasteiger charge is -2.03. The van der Waals surface area contributed by atoms with E-state index in [9.17, 15) is 4.79 Å². The molecule has 72 valence electrons. The summed E-state index contributed by atoms with van der Waals surface area (Å²) < 4.78 is 2.17. The Morgan fingerprint density at radius 1 is 1.57 bits per heavy atom. The van der Waals surface area contributed by atoms with Crippen LogP contribution in [0.3, 0.4) is 0 Å². The molecule has 0 aromatic carbocycles. The second-order valence-corrected chi connectivity index (χ2v) is 4.82. The second kappa shape index (κ2) is 2.95. The molecule has 0 saturated heterocycles. The normalized spacial score (nSPS) is 16.3. The molecule has 0 bridgehead atoms. The number of nitrogens with zero attached hydrogens (tertiary/aromatic N) is 1. The van der Waals surface area contributed by atoms with Gasteiger partial charge in [0.15, 0.2) is 6.29 Å². The van der Waals surface area contributed by atoms with Gasteiger partial charge in [-0.25, -0.2) is 0 Å².